The molecule has 2 aromatic heterocycles. The van der Waals surface area contributed by atoms with Crippen LogP contribution in [-0.4, -0.2) is 76.3 Å². The van der Waals surface area contributed by atoms with Gasteiger partial charge in [0.2, 0.25) is 29.5 Å². The predicted molar refractivity (Wildman–Crippen MR) is 212 cm³/mol. The Morgan fingerprint density at radius 2 is 1.05 bits per heavy atom. The molecule has 0 saturated carbocycles. The summed E-state index contributed by atoms with van der Waals surface area (Å²) in [5.41, 5.74) is 21.3. The van der Waals surface area contributed by atoms with Gasteiger partial charge in [-0.25, -0.2) is 0 Å². The Hall–Kier alpha value is -5.99. The Balaban J connectivity index is 1.45. The molecule has 0 aliphatic carbocycles. The van der Waals surface area contributed by atoms with Crippen molar-refractivity contribution in [3.05, 3.63) is 108 Å². The Morgan fingerprint density at radius 3 is 1.55 bits per heavy atom. The summed E-state index contributed by atoms with van der Waals surface area (Å²) in [4.78, 5) is 74.5. The van der Waals surface area contributed by atoms with E-state index in [-0.39, 0.29) is 25.7 Å². The maximum atomic E-state index is 14.4. The van der Waals surface area contributed by atoms with Gasteiger partial charge < -0.3 is 48.4 Å². The van der Waals surface area contributed by atoms with Crippen molar-refractivity contribution in [3.8, 4) is 0 Å². The van der Waals surface area contributed by atoms with Crippen LogP contribution in [0.4, 0.5) is 0 Å². The molecule has 3 aromatic carbocycles. The molecule has 12 N–H and O–H groups in total. The zero-order chi connectivity index (χ0) is 39.3. The summed E-state index contributed by atoms with van der Waals surface area (Å²) in [5.74, 6) is -3.07. The molecule has 5 atom stereocenters. The lowest BCUT2D eigenvalue weighted by Crippen LogP contribution is -2.59. The third kappa shape index (κ3) is 10.8. The van der Waals surface area contributed by atoms with Crippen molar-refractivity contribution in [3.63, 3.8) is 0 Å². The number of nitrogens with two attached hydrogens (primary N) is 3. The fourth-order valence-electron chi connectivity index (χ4n) is 6.58. The predicted octanol–water partition coefficient (Wildman–Crippen LogP) is 1.97. The second-order valence-corrected chi connectivity index (χ2v) is 13.8. The maximum Gasteiger partial charge on any atom is 0.243 e. The van der Waals surface area contributed by atoms with Crippen LogP contribution in [0.15, 0.2) is 91.3 Å². The van der Waals surface area contributed by atoms with E-state index in [9.17, 15) is 24.0 Å². The number of rotatable bonds is 20. The Kier molecular flexibility index (Phi) is 14.2. The topological polar surface area (TPSA) is 243 Å². The van der Waals surface area contributed by atoms with Crippen LogP contribution in [0.2, 0.25) is 0 Å². The molecule has 0 saturated heterocycles. The van der Waals surface area contributed by atoms with E-state index in [1.165, 1.54) is 0 Å². The zero-order valence-electron chi connectivity index (χ0n) is 31.0. The molecule has 0 unspecified atom stereocenters. The average molecular weight is 750 g/mol. The van der Waals surface area contributed by atoms with E-state index in [1.54, 1.807) is 19.3 Å². The van der Waals surface area contributed by atoms with Gasteiger partial charge in [-0.15, -0.1) is 0 Å². The number of hydrogen-bond donors (Lipinski definition) is 9. The van der Waals surface area contributed by atoms with E-state index < -0.39 is 59.7 Å². The first-order valence-electron chi connectivity index (χ1n) is 18.7. The van der Waals surface area contributed by atoms with Crippen LogP contribution in [0.5, 0.6) is 0 Å². The number of aromatic amines is 2. The van der Waals surface area contributed by atoms with Gasteiger partial charge in [0, 0.05) is 53.5 Å². The van der Waals surface area contributed by atoms with Gasteiger partial charge >= 0.3 is 0 Å². The van der Waals surface area contributed by atoms with Crippen molar-refractivity contribution in [1.29, 1.82) is 0 Å². The fourth-order valence-corrected chi connectivity index (χ4v) is 6.58. The number of fused-ring (bicyclic) bond motifs is 2. The first kappa shape index (κ1) is 40.2. The summed E-state index contributed by atoms with van der Waals surface area (Å²) in [5, 5.41) is 13.0. The Morgan fingerprint density at radius 1 is 0.600 bits per heavy atom. The first-order chi connectivity index (χ1) is 26.6. The highest BCUT2D eigenvalue weighted by Crippen LogP contribution is 2.21. The second-order valence-electron chi connectivity index (χ2n) is 13.8. The lowest BCUT2D eigenvalue weighted by Gasteiger charge is -2.27. The van der Waals surface area contributed by atoms with Crippen LogP contribution in [0.1, 0.15) is 49.3 Å². The van der Waals surface area contributed by atoms with E-state index in [2.05, 4.69) is 31.2 Å². The number of nitrogens with one attached hydrogen (secondary N) is 6. The van der Waals surface area contributed by atoms with Crippen molar-refractivity contribution in [2.24, 2.45) is 17.2 Å². The number of unbranched alkanes of at least 4 members (excludes halogenated alkanes) is 1. The molecule has 5 rings (SSSR count). The second kappa shape index (κ2) is 19.4. The van der Waals surface area contributed by atoms with Gasteiger partial charge in [-0.3, -0.25) is 24.0 Å². The molecule has 0 radical (unpaired) electrons. The van der Waals surface area contributed by atoms with E-state index in [0.29, 0.717) is 25.8 Å². The van der Waals surface area contributed by atoms with Gasteiger partial charge in [0.25, 0.3) is 0 Å². The van der Waals surface area contributed by atoms with Gasteiger partial charge in [-0.1, -0.05) is 73.7 Å². The number of benzene rings is 3. The molecule has 5 amide bonds. The van der Waals surface area contributed by atoms with Crippen molar-refractivity contribution in [2.75, 3.05) is 6.54 Å². The molecule has 290 valence electrons. The summed E-state index contributed by atoms with van der Waals surface area (Å²) in [6.45, 7) is 2.20. The summed E-state index contributed by atoms with van der Waals surface area (Å²) in [6, 6.07) is 19.0. The molecular weight excluding hydrogens is 699 g/mol. The number of carbonyl (C=O) groups is 5. The molecular formula is C41H51N9O5. The van der Waals surface area contributed by atoms with E-state index >= 15 is 0 Å². The van der Waals surface area contributed by atoms with E-state index in [0.717, 1.165) is 38.5 Å². The minimum Gasteiger partial charge on any atom is -0.368 e. The fraction of sp³-hybridized carbons (Fsp3) is 0.341. The summed E-state index contributed by atoms with van der Waals surface area (Å²) in [6.07, 6.45) is 5.66. The number of hydrogen-bond acceptors (Lipinski definition) is 7. The molecule has 0 bridgehead atoms. The molecule has 0 aliphatic heterocycles. The minimum atomic E-state index is -1.20. The van der Waals surface area contributed by atoms with Crippen LogP contribution in [0.25, 0.3) is 21.8 Å². The van der Waals surface area contributed by atoms with Crippen molar-refractivity contribution < 1.29 is 24.0 Å². The van der Waals surface area contributed by atoms with E-state index in [4.69, 9.17) is 17.2 Å². The number of para-hydroxylation sites is 2. The molecule has 14 heteroatoms. The number of amides is 5. The molecule has 0 aliphatic rings. The third-order valence-electron chi connectivity index (χ3n) is 9.76. The number of carbonyl (C=O) groups excluding carboxylic acids is 5. The largest absolute Gasteiger partial charge is 0.368 e. The van der Waals surface area contributed by atoms with Crippen LogP contribution >= 0.6 is 0 Å². The van der Waals surface area contributed by atoms with Crippen LogP contribution in [-0.2, 0) is 43.2 Å². The van der Waals surface area contributed by atoms with Crippen molar-refractivity contribution in [2.45, 2.75) is 82.1 Å². The van der Waals surface area contributed by atoms with Crippen LogP contribution < -0.4 is 38.5 Å². The number of primary amides is 1. The SMILES string of the molecule is CC[C@H](N)C(=O)N[C@H](Cc1c[nH]c2ccccc12)C(=O)N[C@H](Cc1c[nH]c2ccccc12)C(=O)N[C@@H](Cc1ccccc1)C(=O)N[C@@H](CCCCN)C(N)=O. The molecule has 5 aromatic rings. The smallest absolute Gasteiger partial charge is 0.243 e. The minimum absolute atomic E-state index is 0.0481. The number of aromatic nitrogens is 2. The Bertz CT molecular complexity index is 2080. The highest BCUT2D eigenvalue weighted by atomic mass is 16.2. The molecule has 0 spiro atoms. The lowest BCUT2D eigenvalue weighted by molar-refractivity contribution is -0.134. The lowest BCUT2D eigenvalue weighted by atomic mass is 10.00. The average Bonchev–Trinajstić information content (AvgIpc) is 3.80. The summed E-state index contributed by atoms with van der Waals surface area (Å²) < 4.78 is 0. The number of H-pyrrole nitrogens is 2. The quantitative estimate of drug-likeness (QED) is 0.0535. The van der Waals surface area contributed by atoms with Crippen molar-refractivity contribution in [1.82, 2.24) is 31.2 Å². The van der Waals surface area contributed by atoms with Gasteiger partial charge in [0.15, 0.2) is 0 Å². The maximum absolute atomic E-state index is 14.4. The molecule has 0 fully saturated rings. The third-order valence-corrected chi connectivity index (χ3v) is 9.76. The summed E-state index contributed by atoms with van der Waals surface area (Å²) >= 11 is 0. The monoisotopic (exact) mass is 749 g/mol. The Labute approximate surface area is 319 Å². The zero-order valence-corrected chi connectivity index (χ0v) is 31.0. The summed E-state index contributed by atoms with van der Waals surface area (Å²) in [7, 11) is 0. The molecule has 14 nitrogen and oxygen atoms in total. The first-order valence-corrected chi connectivity index (χ1v) is 18.7. The van der Waals surface area contributed by atoms with Gasteiger partial charge in [0.1, 0.15) is 24.2 Å². The van der Waals surface area contributed by atoms with E-state index in [1.807, 2.05) is 78.9 Å². The molecule has 2 heterocycles. The highest BCUT2D eigenvalue weighted by molar-refractivity contribution is 5.97. The standard InChI is InChI=1S/C41H51N9O5/c1-2-30(43)38(52)48-35(21-26-23-45-31-16-8-6-14-28(26)31)40(54)50-36(22-27-24-46-32-17-9-7-15-29(27)32)41(55)49-34(20-25-12-4-3-5-13-25)39(53)47-33(37(44)51)18-10-11-19-42/h3-9,12-17,23-24,30,33-36,45-46H,2,10-11,18-22,42-43H2,1H3,(H2,44,51)(H,47,53)(H,48,52)(H,49,55)(H,50,54)/t30-,33-,34-,35+,36+/m0/s1. The van der Waals surface area contributed by atoms with Gasteiger partial charge in [-0.05, 0) is 61.1 Å². The molecule has 55 heavy (non-hydrogen) atoms. The highest BCUT2D eigenvalue weighted by Gasteiger charge is 2.32. The van der Waals surface area contributed by atoms with Gasteiger partial charge in [-0.2, -0.15) is 0 Å². The van der Waals surface area contributed by atoms with Crippen LogP contribution in [0.3, 0.4) is 0 Å². The van der Waals surface area contributed by atoms with Crippen molar-refractivity contribution >= 4 is 51.3 Å². The van der Waals surface area contributed by atoms with Gasteiger partial charge in [0.05, 0.1) is 6.04 Å². The van der Waals surface area contributed by atoms with Crippen LogP contribution in [0, 0.1) is 0 Å². The normalized spacial score (nSPS) is 14.0.